The van der Waals surface area contributed by atoms with Crippen LogP contribution in [-0.2, 0) is 9.59 Å². The molecule has 0 spiro atoms. The molecule has 2 aromatic carbocycles. The molecule has 0 aliphatic carbocycles. The summed E-state index contributed by atoms with van der Waals surface area (Å²) in [7, 11) is 1.47. The van der Waals surface area contributed by atoms with Gasteiger partial charge in [-0.05, 0) is 29.8 Å². The van der Waals surface area contributed by atoms with Crippen molar-refractivity contribution in [3.63, 3.8) is 0 Å². The number of nitrogens with one attached hydrogen (secondary N) is 1. The van der Waals surface area contributed by atoms with E-state index in [0.29, 0.717) is 6.07 Å². The van der Waals surface area contributed by atoms with Gasteiger partial charge < -0.3 is 15.3 Å². The molecular weight excluding hydrogens is 349 g/mol. The van der Waals surface area contributed by atoms with Gasteiger partial charge in [0.15, 0.2) is 0 Å². The molecule has 26 heavy (non-hydrogen) atoms. The molecule has 136 valence electrons. The highest BCUT2D eigenvalue weighted by atomic mass is 19.1. The van der Waals surface area contributed by atoms with Gasteiger partial charge in [0, 0.05) is 31.6 Å². The van der Waals surface area contributed by atoms with Gasteiger partial charge in [-0.2, -0.15) is 0 Å². The highest BCUT2D eigenvalue weighted by Gasteiger charge is 2.44. The van der Waals surface area contributed by atoms with E-state index in [1.54, 1.807) is 0 Å². The lowest BCUT2D eigenvalue weighted by Gasteiger charge is -2.17. The minimum absolute atomic E-state index is 0.0951. The van der Waals surface area contributed by atoms with Gasteiger partial charge in [0.1, 0.15) is 29.1 Å². The predicted molar refractivity (Wildman–Crippen MR) is 86.9 cm³/mol. The number of hydrogen-bond acceptors (Lipinski definition) is 3. The Morgan fingerprint density at radius 1 is 1.15 bits per heavy atom. The van der Waals surface area contributed by atoms with Gasteiger partial charge in [-0.25, -0.2) is 13.2 Å². The van der Waals surface area contributed by atoms with Gasteiger partial charge in [0.05, 0.1) is 5.69 Å². The van der Waals surface area contributed by atoms with Crippen LogP contribution in [0.2, 0.25) is 0 Å². The average molecular weight is 364 g/mol. The van der Waals surface area contributed by atoms with Crippen LogP contribution in [0.5, 0.6) is 5.75 Å². The number of anilines is 1. The first-order chi connectivity index (χ1) is 12.3. The Bertz CT molecular complexity index is 868. The van der Waals surface area contributed by atoms with Crippen molar-refractivity contribution < 1.29 is 27.9 Å². The van der Waals surface area contributed by atoms with Crippen LogP contribution in [0.25, 0.3) is 0 Å². The Hall–Kier alpha value is -3.03. The third-order valence-electron chi connectivity index (χ3n) is 4.32. The second-order valence-electron chi connectivity index (χ2n) is 6.16. The molecule has 1 saturated heterocycles. The molecule has 1 aliphatic rings. The van der Waals surface area contributed by atoms with Crippen molar-refractivity contribution in [3.05, 3.63) is 59.4 Å². The Morgan fingerprint density at radius 2 is 1.81 bits per heavy atom. The lowest BCUT2D eigenvalue weighted by atomic mass is 9.87. The summed E-state index contributed by atoms with van der Waals surface area (Å²) in [6.45, 7) is 0.0951. The van der Waals surface area contributed by atoms with Gasteiger partial charge in [-0.1, -0.05) is 0 Å². The van der Waals surface area contributed by atoms with Crippen molar-refractivity contribution in [3.8, 4) is 5.75 Å². The molecule has 1 heterocycles. The minimum atomic E-state index is -1.26. The van der Waals surface area contributed by atoms with E-state index in [2.05, 4.69) is 5.32 Å². The van der Waals surface area contributed by atoms with Crippen molar-refractivity contribution in [1.29, 1.82) is 0 Å². The molecule has 2 atom stereocenters. The summed E-state index contributed by atoms with van der Waals surface area (Å²) in [5.41, 5.74) is -0.0362. The Morgan fingerprint density at radius 3 is 2.42 bits per heavy atom. The maximum absolute atomic E-state index is 13.8. The zero-order valence-corrected chi connectivity index (χ0v) is 13.7. The third kappa shape index (κ3) is 3.35. The number of likely N-dealkylation sites (tertiary alicyclic amines) is 1. The van der Waals surface area contributed by atoms with E-state index in [0.717, 1.165) is 24.3 Å². The largest absolute Gasteiger partial charge is 0.508 e. The standard InChI is InChI=1S/C18H15F3N2O3/c1-23-8-13(9-4-10(19)6-11(20)5-9)16(18(23)26)17(25)22-15-3-2-12(24)7-14(15)21/h2-7,13,16,24H,8H2,1H3,(H,22,25)/t13-,16+/m1/s1. The maximum atomic E-state index is 13.8. The quantitative estimate of drug-likeness (QED) is 0.650. The summed E-state index contributed by atoms with van der Waals surface area (Å²) in [4.78, 5) is 26.2. The number of hydrogen-bond donors (Lipinski definition) is 2. The fourth-order valence-corrected chi connectivity index (χ4v) is 3.10. The normalized spacial score (nSPS) is 19.7. The Kier molecular flexibility index (Phi) is 4.58. The van der Waals surface area contributed by atoms with Gasteiger partial charge in [0.25, 0.3) is 0 Å². The fraction of sp³-hybridized carbons (Fsp3) is 0.222. The number of amides is 2. The van der Waals surface area contributed by atoms with E-state index in [9.17, 15) is 27.9 Å². The number of nitrogens with zero attached hydrogens (tertiary/aromatic N) is 1. The summed E-state index contributed by atoms with van der Waals surface area (Å²) in [5.74, 6) is -6.17. The van der Waals surface area contributed by atoms with Crippen molar-refractivity contribution in [1.82, 2.24) is 4.90 Å². The monoisotopic (exact) mass is 364 g/mol. The molecule has 0 bridgehead atoms. The molecule has 5 nitrogen and oxygen atoms in total. The first-order valence-corrected chi connectivity index (χ1v) is 7.76. The van der Waals surface area contributed by atoms with Crippen LogP contribution < -0.4 is 5.32 Å². The number of likely N-dealkylation sites (N-methyl/N-ethyl adjacent to an activating group) is 1. The topological polar surface area (TPSA) is 69.6 Å². The number of rotatable bonds is 3. The Balaban J connectivity index is 1.91. The van der Waals surface area contributed by atoms with Crippen LogP contribution in [0.1, 0.15) is 11.5 Å². The first kappa shape index (κ1) is 17.8. The zero-order valence-electron chi connectivity index (χ0n) is 13.7. The van der Waals surface area contributed by atoms with E-state index in [1.165, 1.54) is 18.0 Å². The average Bonchev–Trinajstić information content (AvgIpc) is 2.85. The summed E-state index contributed by atoms with van der Waals surface area (Å²) >= 11 is 0. The number of carbonyl (C=O) groups excluding carboxylic acids is 2. The lowest BCUT2D eigenvalue weighted by molar-refractivity contribution is -0.135. The van der Waals surface area contributed by atoms with Crippen LogP contribution in [0.4, 0.5) is 18.9 Å². The SMILES string of the molecule is CN1C[C@H](c2cc(F)cc(F)c2)[C@@H](C(=O)Nc2ccc(O)cc2F)C1=O. The van der Waals surface area contributed by atoms with Gasteiger partial charge in [0.2, 0.25) is 11.8 Å². The van der Waals surface area contributed by atoms with Crippen LogP contribution >= 0.6 is 0 Å². The molecule has 0 unspecified atom stereocenters. The Labute approximate surface area is 147 Å². The zero-order chi connectivity index (χ0) is 19.0. The van der Waals surface area contributed by atoms with E-state index >= 15 is 0 Å². The van der Waals surface area contributed by atoms with Crippen LogP contribution in [0, 0.1) is 23.4 Å². The number of benzene rings is 2. The van der Waals surface area contributed by atoms with Crippen molar-refractivity contribution >= 4 is 17.5 Å². The van der Waals surface area contributed by atoms with Crippen molar-refractivity contribution in [2.45, 2.75) is 5.92 Å². The second kappa shape index (κ2) is 6.70. The maximum Gasteiger partial charge on any atom is 0.237 e. The molecule has 2 amide bonds. The molecule has 0 radical (unpaired) electrons. The fourth-order valence-electron chi connectivity index (χ4n) is 3.10. The van der Waals surface area contributed by atoms with Gasteiger partial charge in [-0.15, -0.1) is 0 Å². The molecular formula is C18H15F3N2O3. The third-order valence-corrected chi connectivity index (χ3v) is 4.32. The van der Waals surface area contributed by atoms with Gasteiger partial charge in [-0.3, -0.25) is 9.59 Å². The van der Waals surface area contributed by atoms with E-state index in [1.807, 2.05) is 0 Å². The van der Waals surface area contributed by atoms with E-state index < -0.39 is 41.1 Å². The van der Waals surface area contributed by atoms with E-state index in [-0.39, 0.29) is 23.5 Å². The summed E-state index contributed by atoms with van der Waals surface area (Å²) in [5, 5.41) is 11.5. The number of carbonyl (C=O) groups is 2. The van der Waals surface area contributed by atoms with Gasteiger partial charge >= 0.3 is 0 Å². The van der Waals surface area contributed by atoms with Crippen molar-refractivity contribution in [2.75, 3.05) is 18.9 Å². The number of halogens is 3. The lowest BCUT2D eigenvalue weighted by Crippen LogP contribution is -2.33. The number of aromatic hydroxyl groups is 1. The highest BCUT2D eigenvalue weighted by molar-refractivity contribution is 6.08. The molecule has 0 aromatic heterocycles. The number of phenolic OH excluding ortho intramolecular Hbond substituents is 1. The first-order valence-electron chi connectivity index (χ1n) is 7.76. The molecule has 1 fully saturated rings. The predicted octanol–water partition coefficient (Wildman–Crippen LogP) is 2.62. The summed E-state index contributed by atoms with van der Waals surface area (Å²) in [6, 6.07) is 6.00. The smallest absolute Gasteiger partial charge is 0.237 e. The van der Waals surface area contributed by atoms with Crippen LogP contribution in [-0.4, -0.2) is 35.4 Å². The molecule has 8 heteroatoms. The minimum Gasteiger partial charge on any atom is -0.508 e. The molecule has 2 aromatic rings. The summed E-state index contributed by atoms with van der Waals surface area (Å²) in [6.07, 6.45) is 0. The summed E-state index contributed by atoms with van der Waals surface area (Å²) < 4.78 is 40.9. The van der Waals surface area contributed by atoms with Crippen LogP contribution in [0.3, 0.4) is 0 Å². The van der Waals surface area contributed by atoms with E-state index in [4.69, 9.17) is 0 Å². The van der Waals surface area contributed by atoms with Crippen molar-refractivity contribution in [2.24, 2.45) is 5.92 Å². The number of phenols is 1. The molecule has 3 rings (SSSR count). The molecule has 0 saturated carbocycles. The van der Waals surface area contributed by atoms with Crippen LogP contribution in [0.15, 0.2) is 36.4 Å². The molecule has 2 N–H and O–H groups in total. The second-order valence-corrected chi connectivity index (χ2v) is 6.16. The highest BCUT2D eigenvalue weighted by Crippen LogP contribution is 2.35. The molecule has 1 aliphatic heterocycles.